The van der Waals surface area contributed by atoms with E-state index in [-0.39, 0.29) is 12.1 Å². The van der Waals surface area contributed by atoms with E-state index in [1.165, 1.54) is 0 Å². The van der Waals surface area contributed by atoms with Gasteiger partial charge in [-0.3, -0.25) is 0 Å². The minimum absolute atomic E-state index is 0.210. The Kier molecular flexibility index (Phi) is 5.20. The fraction of sp³-hybridized carbons (Fsp3) is 0.917. The minimum Gasteiger partial charge on any atom is -0.444 e. The Labute approximate surface area is 115 Å². The number of sulfonamides is 1. The van der Waals surface area contributed by atoms with E-state index in [4.69, 9.17) is 4.74 Å². The number of rotatable bonds is 3. The van der Waals surface area contributed by atoms with Crippen molar-refractivity contribution in [3.63, 3.8) is 0 Å². The van der Waals surface area contributed by atoms with Crippen molar-refractivity contribution in [3.8, 4) is 0 Å². The number of ether oxygens (including phenoxy) is 1. The zero-order valence-electron chi connectivity index (χ0n) is 12.0. The maximum Gasteiger partial charge on any atom is 0.407 e. The Morgan fingerprint density at radius 3 is 2.16 bits per heavy atom. The Balaban J connectivity index is 2.60. The Morgan fingerprint density at radius 1 is 1.16 bits per heavy atom. The highest BCUT2D eigenvalue weighted by Crippen LogP contribution is 2.19. The Morgan fingerprint density at radius 2 is 1.68 bits per heavy atom. The van der Waals surface area contributed by atoms with E-state index in [9.17, 15) is 13.2 Å². The minimum atomic E-state index is -3.27. The van der Waals surface area contributed by atoms with Gasteiger partial charge in [-0.25, -0.2) is 17.9 Å². The van der Waals surface area contributed by atoms with Crippen molar-refractivity contribution in [2.24, 2.45) is 0 Å². The molecule has 0 heterocycles. The van der Waals surface area contributed by atoms with Crippen LogP contribution in [-0.4, -0.2) is 38.5 Å². The van der Waals surface area contributed by atoms with Crippen LogP contribution in [0.4, 0.5) is 4.79 Å². The lowest BCUT2D eigenvalue weighted by atomic mass is 9.91. The van der Waals surface area contributed by atoms with E-state index in [1.54, 1.807) is 20.8 Å². The maximum absolute atomic E-state index is 11.7. The second kappa shape index (κ2) is 6.09. The van der Waals surface area contributed by atoms with Crippen LogP contribution in [0.3, 0.4) is 0 Å². The second-order valence-electron chi connectivity index (χ2n) is 6.03. The molecule has 0 unspecified atom stereocenters. The molecular weight excluding hydrogens is 268 g/mol. The van der Waals surface area contributed by atoms with Crippen LogP contribution in [0.25, 0.3) is 0 Å². The van der Waals surface area contributed by atoms with Crippen LogP contribution in [0.1, 0.15) is 46.5 Å². The van der Waals surface area contributed by atoms with E-state index in [0.29, 0.717) is 0 Å². The fourth-order valence-corrected chi connectivity index (χ4v) is 3.01. The molecule has 7 heteroatoms. The maximum atomic E-state index is 11.7. The van der Waals surface area contributed by atoms with Gasteiger partial charge in [-0.15, -0.1) is 0 Å². The van der Waals surface area contributed by atoms with Crippen molar-refractivity contribution in [3.05, 3.63) is 0 Å². The molecule has 6 nitrogen and oxygen atoms in total. The van der Waals surface area contributed by atoms with Crippen LogP contribution in [0.5, 0.6) is 0 Å². The van der Waals surface area contributed by atoms with Crippen molar-refractivity contribution in [1.82, 2.24) is 10.0 Å². The Bertz CT molecular complexity index is 414. The third-order valence-corrected chi connectivity index (χ3v) is 3.56. The summed E-state index contributed by atoms with van der Waals surface area (Å²) in [6.07, 6.45) is 4.05. The highest BCUT2D eigenvalue weighted by molar-refractivity contribution is 7.88. The lowest BCUT2D eigenvalue weighted by Crippen LogP contribution is -2.53. The summed E-state index contributed by atoms with van der Waals surface area (Å²) >= 11 is 0. The van der Waals surface area contributed by atoms with Gasteiger partial charge in [-0.2, -0.15) is 0 Å². The van der Waals surface area contributed by atoms with Gasteiger partial charge in [0.15, 0.2) is 0 Å². The molecule has 1 saturated carbocycles. The molecule has 0 aromatic carbocycles. The molecule has 19 heavy (non-hydrogen) atoms. The zero-order chi connectivity index (χ0) is 14.7. The second-order valence-corrected chi connectivity index (χ2v) is 7.81. The largest absolute Gasteiger partial charge is 0.444 e. The molecule has 0 saturated heterocycles. The lowest BCUT2D eigenvalue weighted by Gasteiger charge is -2.32. The van der Waals surface area contributed by atoms with Gasteiger partial charge in [0.05, 0.1) is 6.26 Å². The first kappa shape index (κ1) is 16.2. The van der Waals surface area contributed by atoms with E-state index in [2.05, 4.69) is 10.0 Å². The molecule has 2 atom stereocenters. The molecule has 0 bridgehead atoms. The molecule has 0 aliphatic heterocycles. The SMILES string of the molecule is CC(C)(C)OC(=O)N[C@@H]1CCCC[C@H]1NS(C)(=O)=O. The van der Waals surface area contributed by atoms with Crippen molar-refractivity contribution < 1.29 is 17.9 Å². The molecule has 1 rings (SSSR count). The van der Waals surface area contributed by atoms with E-state index in [1.807, 2.05) is 0 Å². The van der Waals surface area contributed by atoms with Gasteiger partial charge in [0.25, 0.3) is 0 Å². The van der Waals surface area contributed by atoms with Crippen LogP contribution >= 0.6 is 0 Å². The van der Waals surface area contributed by atoms with Gasteiger partial charge in [-0.1, -0.05) is 12.8 Å². The fourth-order valence-electron chi connectivity index (χ4n) is 2.18. The van der Waals surface area contributed by atoms with Gasteiger partial charge in [0, 0.05) is 12.1 Å². The molecular formula is C12H24N2O4S. The summed E-state index contributed by atoms with van der Waals surface area (Å²) in [5.74, 6) is 0. The molecule has 1 aliphatic rings. The summed E-state index contributed by atoms with van der Waals surface area (Å²) in [5, 5.41) is 2.76. The predicted molar refractivity (Wildman–Crippen MR) is 73.4 cm³/mol. The van der Waals surface area contributed by atoms with Gasteiger partial charge < -0.3 is 10.1 Å². The lowest BCUT2D eigenvalue weighted by molar-refractivity contribution is 0.0483. The summed E-state index contributed by atoms with van der Waals surface area (Å²) in [7, 11) is -3.27. The number of hydrogen-bond acceptors (Lipinski definition) is 4. The first-order chi connectivity index (χ1) is 8.57. The monoisotopic (exact) mass is 292 g/mol. The van der Waals surface area contributed by atoms with E-state index < -0.39 is 21.7 Å². The van der Waals surface area contributed by atoms with E-state index >= 15 is 0 Å². The highest BCUT2D eigenvalue weighted by Gasteiger charge is 2.30. The summed E-state index contributed by atoms with van der Waals surface area (Å²) in [5.41, 5.74) is -0.557. The zero-order valence-corrected chi connectivity index (χ0v) is 12.8. The molecule has 112 valence electrons. The third kappa shape index (κ3) is 6.77. The van der Waals surface area contributed by atoms with Crippen molar-refractivity contribution in [2.45, 2.75) is 64.1 Å². The highest BCUT2D eigenvalue weighted by atomic mass is 32.2. The summed E-state index contributed by atoms with van der Waals surface area (Å²) in [6.45, 7) is 5.37. The summed E-state index contributed by atoms with van der Waals surface area (Å²) < 4.78 is 30.4. The molecule has 0 aromatic heterocycles. The molecule has 1 amide bonds. The normalized spacial score (nSPS) is 24.8. The smallest absolute Gasteiger partial charge is 0.407 e. The average molecular weight is 292 g/mol. The summed E-state index contributed by atoms with van der Waals surface area (Å²) in [4.78, 5) is 11.7. The summed E-state index contributed by atoms with van der Waals surface area (Å²) in [6, 6.07) is -0.463. The van der Waals surface area contributed by atoms with Crippen molar-refractivity contribution >= 4 is 16.1 Å². The molecule has 0 radical (unpaired) electrons. The topological polar surface area (TPSA) is 84.5 Å². The number of nitrogens with one attached hydrogen (secondary N) is 2. The van der Waals surface area contributed by atoms with Crippen LogP contribution < -0.4 is 10.0 Å². The first-order valence-corrected chi connectivity index (χ1v) is 8.43. The standard InChI is InChI=1S/C12H24N2O4S/c1-12(2,3)18-11(15)13-9-7-5-6-8-10(9)14-19(4,16)17/h9-10,14H,5-8H2,1-4H3,(H,13,15)/t9-,10-/m1/s1. The molecule has 1 fully saturated rings. The number of hydrogen-bond donors (Lipinski definition) is 2. The van der Waals surface area contributed by atoms with Gasteiger partial charge >= 0.3 is 6.09 Å². The van der Waals surface area contributed by atoms with Crippen LogP contribution in [-0.2, 0) is 14.8 Å². The quantitative estimate of drug-likeness (QED) is 0.823. The van der Waals surface area contributed by atoms with Crippen molar-refractivity contribution in [2.75, 3.05) is 6.26 Å². The number of alkyl carbamates (subject to hydrolysis) is 1. The predicted octanol–water partition coefficient (Wildman–Crippen LogP) is 1.37. The third-order valence-electron chi connectivity index (χ3n) is 2.83. The first-order valence-electron chi connectivity index (χ1n) is 6.54. The van der Waals surface area contributed by atoms with Gasteiger partial charge in [-0.05, 0) is 33.6 Å². The van der Waals surface area contributed by atoms with Gasteiger partial charge in [0.2, 0.25) is 10.0 Å². The van der Waals surface area contributed by atoms with Crippen LogP contribution in [0, 0.1) is 0 Å². The Hall–Kier alpha value is -0.820. The van der Waals surface area contributed by atoms with Crippen LogP contribution in [0.15, 0.2) is 0 Å². The molecule has 0 spiro atoms. The van der Waals surface area contributed by atoms with Crippen LogP contribution in [0.2, 0.25) is 0 Å². The molecule has 2 N–H and O–H groups in total. The number of carbonyl (C=O) groups is 1. The molecule has 0 aromatic rings. The number of carbonyl (C=O) groups excluding carboxylic acids is 1. The van der Waals surface area contributed by atoms with Crippen molar-refractivity contribution in [1.29, 1.82) is 0 Å². The number of amides is 1. The van der Waals surface area contributed by atoms with Gasteiger partial charge in [0.1, 0.15) is 5.60 Å². The molecule has 1 aliphatic carbocycles. The average Bonchev–Trinajstić information content (AvgIpc) is 2.15. The van der Waals surface area contributed by atoms with E-state index in [0.717, 1.165) is 31.9 Å².